The molecule has 11 heteroatoms. The second kappa shape index (κ2) is 11.7. The lowest BCUT2D eigenvalue weighted by Gasteiger charge is -2.37. The Hall–Kier alpha value is -3.89. The number of ether oxygens (including phenoxy) is 1. The number of Topliss-reactive ketones (excluding diaryl/α,β-unsaturated/α-hetero) is 1. The Morgan fingerprint density at radius 1 is 1.11 bits per heavy atom. The number of benzene rings is 2. The van der Waals surface area contributed by atoms with Gasteiger partial charge in [-0.2, -0.15) is 0 Å². The van der Waals surface area contributed by atoms with Crippen LogP contribution in [0.25, 0.3) is 11.0 Å². The number of hydrogen-bond donors (Lipinski definition) is 2. The van der Waals surface area contributed by atoms with E-state index in [2.05, 4.69) is 10.2 Å². The Morgan fingerprint density at radius 2 is 1.79 bits per heavy atom. The van der Waals surface area contributed by atoms with Crippen LogP contribution in [-0.4, -0.2) is 73.0 Å². The summed E-state index contributed by atoms with van der Waals surface area (Å²) in [4.78, 5) is 52.4. The predicted octanol–water partition coefficient (Wildman–Crippen LogP) is 2.16. The van der Waals surface area contributed by atoms with Gasteiger partial charge in [0.1, 0.15) is 22.4 Å². The highest BCUT2D eigenvalue weighted by molar-refractivity contribution is 6.31. The average Bonchev–Trinajstić information content (AvgIpc) is 2.93. The van der Waals surface area contributed by atoms with E-state index in [0.717, 1.165) is 5.69 Å². The zero-order chi connectivity index (χ0) is 27.4. The van der Waals surface area contributed by atoms with E-state index in [4.69, 9.17) is 20.8 Å². The molecule has 1 aromatic heterocycles. The first-order valence-electron chi connectivity index (χ1n) is 12.1. The number of piperazine rings is 1. The molecule has 2 N–H and O–H groups in total. The van der Waals surface area contributed by atoms with E-state index in [1.807, 2.05) is 12.1 Å². The molecule has 2 heterocycles. The van der Waals surface area contributed by atoms with E-state index < -0.39 is 30.8 Å². The number of ketones is 1. The smallest absolute Gasteiger partial charge is 0.355 e. The van der Waals surface area contributed by atoms with Crippen molar-refractivity contribution in [2.45, 2.75) is 19.9 Å². The van der Waals surface area contributed by atoms with Gasteiger partial charge in [0, 0.05) is 48.9 Å². The van der Waals surface area contributed by atoms with Crippen LogP contribution in [0.3, 0.4) is 0 Å². The lowest BCUT2D eigenvalue weighted by Crippen LogP contribution is -2.56. The number of fused-ring (bicyclic) bond motifs is 1. The van der Waals surface area contributed by atoms with Crippen LogP contribution in [0.5, 0.6) is 5.75 Å². The topological polar surface area (TPSA) is 129 Å². The van der Waals surface area contributed by atoms with Gasteiger partial charge in [-0.15, -0.1) is 0 Å². The lowest BCUT2D eigenvalue weighted by molar-refractivity contribution is -0.138. The summed E-state index contributed by atoms with van der Waals surface area (Å²) in [6.45, 7) is 4.24. The van der Waals surface area contributed by atoms with Crippen molar-refractivity contribution in [2.24, 2.45) is 0 Å². The lowest BCUT2D eigenvalue weighted by atomic mass is 10.1. The first-order valence-corrected chi connectivity index (χ1v) is 12.5. The maximum atomic E-state index is 12.9. The Bertz CT molecular complexity index is 1410. The molecule has 0 saturated carbocycles. The third-order valence-corrected chi connectivity index (χ3v) is 6.92. The van der Waals surface area contributed by atoms with Crippen molar-refractivity contribution in [2.75, 3.05) is 44.3 Å². The molecule has 1 fully saturated rings. The third kappa shape index (κ3) is 5.98. The summed E-state index contributed by atoms with van der Waals surface area (Å²) in [7, 11) is 0. The SMILES string of the molecule is CC(=O)c1ccc(N2CCN(C(=O)C(CO)NC(=O)COc3ccc4c(C)c(Cl)c(=O)oc4c3)CC2)cc1. The molecule has 4 rings (SSSR count). The van der Waals surface area contributed by atoms with Crippen LogP contribution in [0.2, 0.25) is 5.02 Å². The van der Waals surface area contributed by atoms with Crippen molar-refractivity contribution < 1.29 is 28.6 Å². The van der Waals surface area contributed by atoms with Gasteiger partial charge in [-0.1, -0.05) is 11.6 Å². The molecule has 1 saturated heterocycles. The minimum Gasteiger partial charge on any atom is -0.484 e. The minimum atomic E-state index is -1.10. The Morgan fingerprint density at radius 3 is 2.42 bits per heavy atom. The summed E-state index contributed by atoms with van der Waals surface area (Å²) in [5.74, 6) is -0.680. The maximum Gasteiger partial charge on any atom is 0.355 e. The number of rotatable bonds is 8. The first-order chi connectivity index (χ1) is 18.2. The number of amides is 2. The highest BCUT2D eigenvalue weighted by atomic mass is 35.5. The molecule has 3 aromatic rings. The van der Waals surface area contributed by atoms with Crippen molar-refractivity contribution in [3.63, 3.8) is 0 Å². The number of carbonyl (C=O) groups excluding carboxylic acids is 3. The van der Waals surface area contributed by atoms with Crippen molar-refractivity contribution >= 4 is 45.9 Å². The summed E-state index contributed by atoms with van der Waals surface area (Å²) in [6, 6.07) is 11.0. The van der Waals surface area contributed by atoms with Gasteiger partial charge in [-0.25, -0.2) is 4.79 Å². The number of nitrogens with one attached hydrogen (secondary N) is 1. The molecule has 1 aliphatic heterocycles. The summed E-state index contributed by atoms with van der Waals surface area (Å²) < 4.78 is 10.7. The van der Waals surface area contributed by atoms with Crippen molar-refractivity contribution in [3.05, 3.63) is 69.0 Å². The zero-order valence-electron chi connectivity index (χ0n) is 21.0. The van der Waals surface area contributed by atoms with Crippen molar-refractivity contribution in [1.82, 2.24) is 10.2 Å². The minimum absolute atomic E-state index is 0.000480. The molecular weight excluding hydrogens is 514 g/mol. The van der Waals surface area contributed by atoms with E-state index in [0.29, 0.717) is 42.7 Å². The summed E-state index contributed by atoms with van der Waals surface area (Å²) in [5, 5.41) is 12.9. The molecule has 0 spiro atoms. The molecule has 1 aliphatic rings. The fourth-order valence-electron chi connectivity index (χ4n) is 4.29. The molecule has 1 atom stereocenters. The average molecular weight is 542 g/mol. The Labute approximate surface area is 223 Å². The molecule has 2 amide bonds. The van der Waals surface area contributed by atoms with Gasteiger partial charge in [0.2, 0.25) is 5.91 Å². The Kier molecular flexibility index (Phi) is 8.33. The molecule has 0 aliphatic carbocycles. The molecule has 38 heavy (non-hydrogen) atoms. The maximum absolute atomic E-state index is 12.9. The number of halogens is 1. The number of aliphatic hydroxyl groups is 1. The fraction of sp³-hybridized carbons (Fsp3) is 0.333. The molecule has 2 aromatic carbocycles. The first kappa shape index (κ1) is 27.2. The predicted molar refractivity (Wildman–Crippen MR) is 142 cm³/mol. The highest BCUT2D eigenvalue weighted by Gasteiger charge is 2.28. The summed E-state index contributed by atoms with van der Waals surface area (Å²) >= 11 is 5.94. The van der Waals surface area contributed by atoms with Crippen LogP contribution >= 0.6 is 11.6 Å². The second-order valence-corrected chi connectivity index (χ2v) is 9.37. The van der Waals surface area contributed by atoms with Gasteiger partial charge in [0.05, 0.1) is 6.61 Å². The van der Waals surface area contributed by atoms with Crippen LogP contribution in [0.4, 0.5) is 5.69 Å². The molecule has 10 nitrogen and oxygen atoms in total. The van der Waals surface area contributed by atoms with Gasteiger partial charge < -0.3 is 29.4 Å². The van der Waals surface area contributed by atoms with Gasteiger partial charge in [0.25, 0.3) is 5.91 Å². The third-order valence-electron chi connectivity index (χ3n) is 6.48. The molecule has 0 bridgehead atoms. The van der Waals surface area contributed by atoms with Gasteiger partial charge in [-0.3, -0.25) is 14.4 Å². The van der Waals surface area contributed by atoms with Crippen LogP contribution in [0, 0.1) is 6.92 Å². The Balaban J connectivity index is 1.30. The van der Waals surface area contributed by atoms with E-state index in [1.54, 1.807) is 36.1 Å². The number of hydrogen-bond acceptors (Lipinski definition) is 8. The van der Waals surface area contributed by atoms with Crippen LogP contribution in [-0.2, 0) is 9.59 Å². The standard InChI is InChI=1S/C27H28ClN3O7/c1-16-21-8-7-20(13-23(21)38-27(36)25(16)28)37-15-24(34)29-22(14-32)26(35)31-11-9-30(10-12-31)19-5-3-18(4-6-19)17(2)33/h3-8,13,22,32H,9-12,14-15H2,1-2H3,(H,29,34). The molecule has 0 radical (unpaired) electrons. The second-order valence-electron chi connectivity index (χ2n) is 8.99. The number of aliphatic hydroxyl groups excluding tert-OH is 1. The van der Waals surface area contributed by atoms with Crippen LogP contribution in [0.15, 0.2) is 51.7 Å². The van der Waals surface area contributed by atoms with Crippen molar-refractivity contribution in [1.29, 1.82) is 0 Å². The monoisotopic (exact) mass is 541 g/mol. The largest absolute Gasteiger partial charge is 0.484 e. The summed E-state index contributed by atoms with van der Waals surface area (Å²) in [5.41, 5.74) is 1.78. The quantitative estimate of drug-likeness (QED) is 0.328. The number of aryl methyl sites for hydroxylation is 1. The molecule has 200 valence electrons. The molecular formula is C27H28ClN3O7. The van der Waals surface area contributed by atoms with E-state index >= 15 is 0 Å². The van der Waals surface area contributed by atoms with Gasteiger partial charge >= 0.3 is 5.63 Å². The summed E-state index contributed by atoms with van der Waals surface area (Å²) in [6.07, 6.45) is 0. The van der Waals surface area contributed by atoms with Gasteiger partial charge in [-0.05, 0) is 55.8 Å². The normalized spacial score (nSPS) is 14.3. The number of anilines is 1. The van der Waals surface area contributed by atoms with Gasteiger partial charge in [0.15, 0.2) is 12.4 Å². The molecule has 1 unspecified atom stereocenters. The van der Waals surface area contributed by atoms with Crippen molar-refractivity contribution in [3.8, 4) is 5.75 Å². The zero-order valence-corrected chi connectivity index (χ0v) is 21.8. The number of carbonyl (C=O) groups is 3. The van der Waals surface area contributed by atoms with E-state index in [9.17, 15) is 24.3 Å². The van der Waals surface area contributed by atoms with E-state index in [-0.39, 0.29) is 28.0 Å². The fourth-order valence-corrected chi connectivity index (χ4v) is 4.43. The van der Waals surface area contributed by atoms with Crippen LogP contribution in [0.1, 0.15) is 22.8 Å². The number of nitrogens with zero attached hydrogens (tertiary/aromatic N) is 2. The highest BCUT2D eigenvalue weighted by Crippen LogP contribution is 2.26. The van der Waals surface area contributed by atoms with Crippen LogP contribution < -0.4 is 20.6 Å². The van der Waals surface area contributed by atoms with E-state index in [1.165, 1.54) is 13.0 Å².